The van der Waals surface area contributed by atoms with Crippen LogP contribution in [-0.2, 0) is 51.7 Å². The number of likely N-dealkylation sites (N-methyl/N-ethyl adjacent to an activating group) is 1. The molecule has 0 fully saturated rings. The third kappa shape index (κ3) is 13.9. The second kappa shape index (κ2) is 18.0. The summed E-state index contributed by atoms with van der Waals surface area (Å²) in [5.74, 6) is -3.01. The SMILES string of the molecule is CN(C)C(CCC(=O)NCCCN1CCN(CC(=O)O)Cc2cccc(n2)CN(CC(=O)O)CC1)C(=O)O.[Zn]. The van der Waals surface area contributed by atoms with E-state index in [-0.39, 0.29) is 51.3 Å². The summed E-state index contributed by atoms with van der Waals surface area (Å²) in [4.78, 5) is 58.3. The van der Waals surface area contributed by atoms with E-state index >= 15 is 0 Å². The first-order valence-corrected chi connectivity index (χ1v) is 12.7. The number of nitrogens with one attached hydrogen (secondary N) is 1. The maximum atomic E-state index is 12.2. The molecule has 2 rings (SSSR count). The standard InChI is InChI=1S/C25H40N6O7.Zn/c1-28(2)21(25(37)38)7-8-22(32)26-9-4-10-29-11-13-30(17-23(33)34)15-19-5-3-6-20(27-19)16-31(14-12-29)18-24(35)36;/h3,5-6,21H,4,7-18H2,1-2H3,(H,26,32)(H,33,34)(H,35,36)(H,37,38);. The van der Waals surface area contributed by atoms with Crippen LogP contribution in [0.25, 0.3) is 0 Å². The molecule has 1 aromatic heterocycles. The van der Waals surface area contributed by atoms with E-state index in [0.717, 1.165) is 11.4 Å². The molecule has 214 valence electrons. The molecule has 1 unspecified atom stereocenters. The maximum Gasteiger partial charge on any atom is 0.320 e. The van der Waals surface area contributed by atoms with E-state index < -0.39 is 23.9 Å². The van der Waals surface area contributed by atoms with Gasteiger partial charge in [-0.1, -0.05) is 6.07 Å². The molecule has 1 atom stereocenters. The Labute approximate surface area is 241 Å². The Balaban J connectivity index is 0.00000760. The van der Waals surface area contributed by atoms with Crippen molar-refractivity contribution in [3.05, 3.63) is 29.6 Å². The van der Waals surface area contributed by atoms with Crippen molar-refractivity contribution in [3.63, 3.8) is 0 Å². The van der Waals surface area contributed by atoms with E-state index in [1.165, 1.54) is 0 Å². The molecule has 1 aliphatic rings. The molecular formula is C25H40N6O7Zn. The molecular weight excluding hydrogens is 562 g/mol. The van der Waals surface area contributed by atoms with Crippen LogP contribution >= 0.6 is 0 Å². The number of rotatable bonds is 13. The Kier molecular flexibility index (Phi) is 15.9. The molecule has 0 spiro atoms. The Hall–Kier alpha value is -2.51. The fourth-order valence-corrected chi connectivity index (χ4v) is 4.36. The number of aliphatic carboxylic acids is 3. The van der Waals surface area contributed by atoms with Crippen molar-refractivity contribution in [3.8, 4) is 0 Å². The zero-order chi connectivity index (χ0) is 28.1. The second-order valence-electron chi connectivity index (χ2n) is 9.73. The van der Waals surface area contributed by atoms with Crippen molar-refractivity contribution in [2.24, 2.45) is 0 Å². The normalized spacial score (nSPS) is 16.4. The molecule has 0 aromatic carbocycles. The third-order valence-electron chi connectivity index (χ3n) is 6.34. The monoisotopic (exact) mass is 600 g/mol. The summed E-state index contributed by atoms with van der Waals surface area (Å²) < 4.78 is 0. The molecule has 0 radical (unpaired) electrons. The molecule has 1 aromatic rings. The minimum atomic E-state index is -0.963. The van der Waals surface area contributed by atoms with Crippen LogP contribution in [0.3, 0.4) is 0 Å². The van der Waals surface area contributed by atoms with Gasteiger partial charge in [0.2, 0.25) is 5.91 Å². The minimum absolute atomic E-state index is 0. The minimum Gasteiger partial charge on any atom is -0.480 e. The molecule has 0 saturated carbocycles. The summed E-state index contributed by atoms with van der Waals surface area (Å²) >= 11 is 0. The first-order valence-electron chi connectivity index (χ1n) is 12.7. The van der Waals surface area contributed by atoms with Crippen LogP contribution in [0.5, 0.6) is 0 Å². The number of amides is 1. The van der Waals surface area contributed by atoms with E-state index in [1.54, 1.807) is 19.0 Å². The Bertz CT molecular complexity index is 906. The Morgan fingerprint density at radius 2 is 1.44 bits per heavy atom. The predicted molar refractivity (Wildman–Crippen MR) is 138 cm³/mol. The number of carbonyl (C=O) groups is 4. The maximum absolute atomic E-state index is 12.2. The first-order chi connectivity index (χ1) is 18.0. The average molecular weight is 602 g/mol. The van der Waals surface area contributed by atoms with Crippen LogP contribution < -0.4 is 5.32 Å². The molecule has 14 heteroatoms. The van der Waals surface area contributed by atoms with Gasteiger partial charge in [-0.05, 0) is 45.6 Å². The number of carbonyl (C=O) groups excluding carboxylic acids is 1. The summed E-state index contributed by atoms with van der Waals surface area (Å²) in [7, 11) is 3.33. The van der Waals surface area contributed by atoms with Gasteiger partial charge in [-0.2, -0.15) is 0 Å². The van der Waals surface area contributed by atoms with Gasteiger partial charge in [0.15, 0.2) is 0 Å². The fraction of sp³-hybridized carbons (Fsp3) is 0.640. The van der Waals surface area contributed by atoms with Gasteiger partial charge in [0, 0.05) is 71.7 Å². The number of pyridine rings is 1. The topological polar surface area (TPSA) is 167 Å². The van der Waals surface area contributed by atoms with Crippen LogP contribution in [-0.4, -0.2) is 136 Å². The number of aromatic nitrogens is 1. The number of carboxylic acid groups (broad SMARTS) is 3. The van der Waals surface area contributed by atoms with E-state index in [2.05, 4.69) is 15.2 Å². The number of nitrogens with zero attached hydrogens (tertiary/aromatic N) is 5. The fourth-order valence-electron chi connectivity index (χ4n) is 4.36. The van der Waals surface area contributed by atoms with Gasteiger partial charge in [-0.15, -0.1) is 0 Å². The number of carboxylic acids is 3. The van der Waals surface area contributed by atoms with E-state index in [1.807, 2.05) is 28.0 Å². The molecule has 0 aliphatic carbocycles. The molecule has 0 saturated heterocycles. The number of hydrogen-bond donors (Lipinski definition) is 4. The molecule has 4 N–H and O–H groups in total. The summed E-state index contributed by atoms with van der Waals surface area (Å²) in [6.07, 6.45) is 0.970. The van der Waals surface area contributed by atoms with E-state index in [4.69, 9.17) is 0 Å². The molecule has 2 heterocycles. The van der Waals surface area contributed by atoms with Crippen molar-refractivity contribution in [2.45, 2.75) is 38.4 Å². The van der Waals surface area contributed by atoms with Crippen molar-refractivity contribution in [1.29, 1.82) is 0 Å². The van der Waals surface area contributed by atoms with Crippen molar-refractivity contribution in [2.75, 3.05) is 66.5 Å². The smallest absolute Gasteiger partial charge is 0.320 e. The summed E-state index contributed by atoms with van der Waals surface area (Å²) in [5, 5.41) is 30.8. The molecule has 1 amide bonds. The molecule has 39 heavy (non-hydrogen) atoms. The van der Waals surface area contributed by atoms with Crippen molar-refractivity contribution < 1.29 is 54.0 Å². The first kappa shape index (κ1) is 34.5. The van der Waals surface area contributed by atoms with Gasteiger partial charge in [0.1, 0.15) is 6.04 Å². The molecule has 13 nitrogen and oxygen atoms in total. The number of fused-ring (bicyclic) bond motifs is 2. The second-order valence-corrected chi connectivity index (χ2v) is 9.73. The van der Waals surface area contributed by atoms with Gasteiger partial charge < -0.3 is 25.5 Å². The third-order valence-corrected chi connectivity index (χ3v) is 6.34. The Morgan fingerprint density at radius 3 is 1.90 bits per heavy atom. The zero-order valence-electron chi connectivity index (χ0n) is 22.9. The van der Waals surface area contributed by atoms with E-state index in [9.17, 15) is 34.5 Å². The summed E-state index contributed by atoms with van der Waals surface area (Å²) in [5.41, 5.74) is 1.46. The van der Waals surface area contributed by atoms with Crippen LogP contribution in [0.1, 0.15) is 30.7 Å². The molecule has 1 aliphatic heterocycles. The van der Waals surface area contributed by atoms with Crippen LogP contribution in [0.2, 0.25) is 0 Å². The van der Waals surface area contributed by atoms with Crippen LogP contribution in [0.4, 0.5) is 0 Å². The summed E-state index contributed by atoms with van der Waals surface area (Å²) in [6, 6.07) is 4.80. The summed E-state index contributed by atoms with van der Waals surface area (Å²) in [6.45, 7) is 3.67. The Morgan fingerprint density at radius 1 is 0.923 bits per heavy atom. The molecule has 2 bridgehead atoms. The van der Waals surface area contributed by atoms with Gasteiger partial charge in [-0.3, -0.25) is 38.9 Å². The zero-order valence-corrected chi connectivity index (χ0v) is 25.9. The largest absolute Gasteiger partial charge is 0.480 e. The van der Waals surface area contributed by atoms with Gasteiger partial charge in [0.25, 0.3) is 0 Å². The van der Waals surface area contributed by atoms with Gasteiger partial charge in [-0.25, -0.2) is 0 Å². The number of hydrogen-bond acceptors (Lipinski definition) is 9. The quantitative estimate of drug-likeness (QED) is 0.169. The predicted octanol–water partition coefficient (Wildman–Crippen LogP) is -0.531. The van der Waals surface area contributed by atoms with Crippen molar-refractivity contribution >= 4 is 23.8 Å². The average Bonchev–Trinajstić information content (AvgIpc) is 2.81. The van der Waals surface area contributed by atoms with Crippen LogP contribution in [0.15, 0.2) is 18.2 Å². The van der Waals surface area contributed by atoms with Gasteiger partial charge >= 0.3 is 17.9 Å². The van der Waals surface area contributed by atoms with E-state index in [0.29, 0.717) is 58.8 Å². The van der Waals surface area contributed by atoms with Gasteiger partial charge in [0.05, 0.1) is 24.5 Å². The van der Waals surface area contributed by atoms with Crippen molar-refractivity contribution in [1.82, 2.24) is 29.9 Å². The van der Waals surface area contributed by atoms with Crippen LogP contribution in [0, 0.1) is 0 Å².